The maximum Gasteiger partial charge on any atom is 0.242 e. The summed E-state index contributed by atoms with van der Waals surface area (Å²) >= 11 is 5.98. The lowest BCUT2D eigenvalue weighted by atomic mass is 9.96. The van der Waals surface area contributed by atoms with Gasteiger partial charge in [0.05, 0.1) is 5.54 Å². The summed E-state index contributed by atoms with van der Waals surface area (Å²) in [6.45, 7) is 1.45. The highest BCUT2D eigenvalue weighted by molar-refractivity contribution is 6.31. The Kier molecular flexibility index (Phi) is 5.70. The lowest BCUT2D eigenvalue weighted by Gasteiger charge is -2.32. The van der Waals surface area contributed by atoms with Gasteiger partial charge in [0.25, 0.3) is 0 Å². The number of nitrogens with two attached hydrogens (primary N) is 1. The third-order valence-electron chi connectivity index (χ3n) is 4.71. The molecule has 0 atom stereocenters. The number of amides is 1. The van der Waals surface area contributed by atoms with Crippen molar-refractivity contribution in [3.05, 3.63) is 29.1 Å². The molecule has 1 amide bonds. The van der Waals surface area contributed by atoms with Gasteiger partial charge in [0.15, 0.2) is 11.5 Å². The van der Waals surface area contributed by atoms with E-state index in [4.69, 9.17) is 21.8 Å². The van der Waals surface area contributed by atoms with Crippen LogP contribution in [-0.4, -0.2) is 34.4 Å². The van der Waals surface area contributed by atoms with Crippen molar-refractivity contribution in [3.63, 3.8) is 0 Å². The van der Waals surface area contributed by atoms with Crippen LogP contribution in [0.4, 0.5) is 0 Å². The van der Waals surface area contributed by atoms with Gasteiger partial charge in [-0.1, -0.05) is 11.6 Å². The Hall–Kier alpha value is -1.01. The van der Waals surface area contributed by atoms with Crippen molar-refractivity contribution >= 4 is 53.4 Å². The van der Waals surface area contributed by atoms with E-state index >= 15 is 0 Å². The number of carbonyl (C=O) groups excluding carboxylic acids is 1. The first-order chi connectivity index (χ1) is 10.5. The number of aromatic nitrogens is 1. The Bertz CT molecular complexity index is 737. The van der Waals surface area contributed by atoms with Crippen LogP contribution in [0.25, 0.3) is 11.1 Å². The second kappa shape index (κ2) is 7.08. The summed E-state index contributed by atoms with van der Waals surface area (Å²) in [7, 11) is 0. The highest BCUT2D eigenvalue weighted by Gasteiger charge is 2.48. The number of carbonyl (C=O) groups is 1. The monoisotopic (exact) mass is 391 g/mol. The Morgan fingerprint density at radius 2 is 1.96 bits per heavy atom. The maximum absolute atomic E-state index is 12.3. The second-order valence-corrected chi connectivity index (χ2v) is 6.82. The second-order valence-electron chi connectivity index (χ2n) is 6.39. The molecule has 8 heteroatoms. The molecule has 132 valence electrons. The fraction of sp³-hybridized carbons (Fsp3) is 0.500. The van der Waals surface area contributed by atoms with Crippen molar-refractivity contribution in [1.29, 1.82) is 0 Å². The van der Waals surface area contributed by atoms with Crippen LogP contribution in [0.5, 0.6) is 0 Å². The van der Waals surface area contributed by atoms with E-state index in [1.807, 2.05) is 17.0 Å². The molecule has 1 aliphatic heterocycles. The molecule has 0 unspecified atom stereocenters. The van der Waals surface area contributed by atoms with Gasteiger partial charge in [0.2, 0.25) is 5.91 Å². The summed E-state index contributed by atoms with van der Waals surface area (Å²) in [5, 5.41) is 0.658. The number of hydrogen-bond acceptors (Lipinski definition) is 4. The molecule has 0 bridgehead atoms. The van der Waals surface area contributed by atoms with Crippen LogP contribution in [-0.2, 0) is 4.79 Å². The van der Waals surface area contributed by atoms with Gasteiger partial charge < -0.3 is 15.1 Å². The molecule has 1 aromatic heterocycles. The van der Waals surface area contributed by atoms with E-state index in [-0.39, 0.29) is 36.6 Å². The molecule has 0 radical (unpaired) electrons. The van der Waals surface area contributed by atoms with E-state index in [2.05, 4.69) is 4.98 Å². The first-order valence-electron chi connectivity index (χ1n) is 7.69. The average molecular weight is 393 g/mol. The van der Waals surface area contributed by atoms with Crippen molar-refractivity contribution in [2.24, 2.45) is 5.73 Å². The standard InChI is InChI=1S/C16H18ClN3O2.2ClH/c17-11-1-2-13-12(9-11)19-14(22-13)10-3-7-20(8-4-10)15(21)16(18)5-6-16;;/h1-2,9-10H,3-8,18H2;2*1H. The van der Waals surface area contributed by atoms with E-state index in [0.29, 0.717) is 5.02 Å². The quantitative estimate of drug-likeness (QED) is 0.848. The Balaban J connectivity index is 0.00000104. The van der Waals surface area contributed by atoms with Crippen LogP contribution in [0.1, 0.15) is 37.5 Å². The number of halogens is 3. The maximum atomic E-state index is 12.3. The largest absolute Gasteiger partial charge is 0.440 e. The summed E-state index contributed by atoms with van der Waals surface area (Å²) in [5.74, 6) is 1.11. The number of piperidine rings is 1. The normalized spacial score (nSPS) is 19.5. The third kappa shape index (κ3) is 3.49. The van der Waals surface area contributed by atoms with Gasteiger partial charge in [-0.3, -0.25) is 4.79 Å². The predicted molar refractivity (Wildman–Crippen MR) is 98.2 cm³/mol. The average Bonchev–Trinajstić information content (AvgIpc) is 3.13. The minimum atomic E-state index is -0.568. The van der Waals surface area contributed by atoms with E-state index in [0.717, 1.165) is 55.8 Å². The molecule has 2 heterocycles. The molecule has 2 N–H and O–H groups in total. The van der Waals surface area contributed by atoms with Gasteiger partial charge in [-0.25, -0.2) is 4.98 Å². The minimum Gasteiger partial charge on any atom is -0.440 e. The molecular weight excluding hydrogens is 373 g/mol. The zero-order valence-electron chi connectivity index (χ0n) is 13.0. The predicted octanol–water partition coefficient (Wildman–Crippen LogP) is 3.52. The smallest absolute Gasteiger partial charge is 0.242 e. The Morgan fingerprint density at radius 3 is 2.58 bits per heavy atom. The first-order valence-corrected chi connectivity index (χ1v) is 8.07. The van der Waals surface area contributed by atoms with Gasteiger partial charge >= 0.3 is 0 Å². The molecule has 5 nitrogen and oxygen atoms in total. The highest BCUT2D eigenvalue weighted by Crippen LogP contribution is 2.37. The van der Waals surface area contributed by atoms with Crippen LogP contribution >= 0.6 is 36.4 Å². The van der Waals surface area contributed by atoms with Crippen molar-refractivity contribution in [3.8, 4) is 0 Å². The van der Waals surface area contributed by atoms with Crippen molar-refractivity contribution in [2.75, 3.05) is 13.1 Å². The van der Waals surface area contributed by atoms with E-state index in [1.54, 1.807) is 6.07 Å². The van der Waals surface area contributed by atoms with E-state index in [1.165, 1.54) is 0 Å². The number of nitrogens with zero attached hydrogens (tertiary/aromatic N) is 2. The molecule has 2 fully saturated rings. The summed E-state index contributed by atoms with van der Waals surface area (Å²) in [5.41, 5.74) is 6.98. The summed E-state index contributed by atoms with van der Waals surface area (Å²) in [6.07, 6.45) is 3.36. The van der Waals surface area contributed by atoms with Gasteiger partial charge in [-0.05, 0) is 43.9 Å². The van der Waals surface area contributed by atoms with Gasteiger partial charge in [0.1, 0.15) is 5.52 Å². The van der Waals surface area contributed by atoms with Gasteiger partial charge in [-0.2, -0.15) is 0 Å². The summed E-state index contributed by atoms with van der Waals surface area (Å²) in [4.78, 5) is 18.7. The molecule has 2 aromatic rings. The fourth-order valence-electron chi connectivity index (χ4n) is 3.09. The van der Waals surface area contributed by atoms with E-state index < -0.39 is 5.54 Å². The van der Waals surface area contributed by atoms with E-state index in [9.17, 15) is 4.79 Å². The van der Waals surface area contributed by atoms with Crippen LogP contribution < -0.4 is 5.73 Å². The highest BCUT2D eigenvalue weighted by atomic mass is 35.5. The third-order valence-corrected chi connectivity index (χ3v) is 4.95. The topological polar surface area (TPSA) is 72.4 Å². The van der Waals surface area contributed by atoms with Gasteiger partial charge in [-0.15, -0.1) is 24.8 Å². The summed E-state index contributed by atoms with van der Waals surface area (Å²) < 4.78 is 5.84. The molecule has 1 aromatic carbocycles. The Morgan fingerprint density at radius 1 is 1.29 bits per heavy atom. The number of fused-ring (bicyclic) bond motifs is 1. The molecule has 0 spiro atoms. The zero-order chi connectivity index (χ0) is 15.3. The molecular formula is C16H20Cl3N3O2. The molecule has 2 aliphatic rings. The number of oxazole rings is 1. The molecule has 24 heavy (non-hydrogen) atoms. The number of likely N-dealkylation sites (tertiary alicyclic amines) is 1. The van der Waals surface area contributed by atoms with Crippen molar-refractivity contribution in [2.45, 2.75) is 37.1 Å². The molecule has 1 saturated carbocycles. The lowest BCUT2D eigenvalue weighted by Crippen LogP contribution is -2.48. The fourth-order valence-corrected chi connectivity index (χ4v) is 3.25. The van der Waals surface area contributed by atoms with Gasteiger partial charge in [0, 0.05) is 24.0 Å². The van der Waals surface area contributed by atoms with Crippen molar-refractivity contribution in [1.82, 2.24) is 9.88 Å². The van der Waals surface area contributed by atoms with Crippen LogP contribution in [0.2, 0.25) is 5.02 Å². The zero-order valence-corrected chi connectivity index (χ0v) is 15.4. The molecule has 1 aliphatic carbocycles. The summed E-state index contributed by atoms with van der Waals surface area (Å²) in [6, 6.07) is 5.46. The van der Waals surface area contributed by atoms with Crippen LogP contribution in [0.15, 0.2) is 22.6 Å². The molecule has 1 saturated heterocycles. The van der Waals surface area contributed by atoms with Crippen molar-refractivity contribution < 1.29 is 9.21 Å². The number of hydrogen-bond donors (Lipinski definition) is 1. The number of rotatable bonds is 2. The van der Waals surface area contributed by atoms with Crippen LogP contribution in [0.3, 0.4) is 0 Å². The lowest BCUT2D eigenvalue weighted by molar-refractivity contribution is -0.134. The minimum absolute atomic E-state index is 0. The SMILES string of the molecule is Cl.Cl.NC1(C(=O)N2CCC(c3nc4cc(Cl)ccc4o3)CC2)CC1. The number of benzene rings is 1. The molecule has 4 rings (SSSR count). The first kappa shape index (κ1) is 19.3. The Labute approximate surface area is 157 Å². The van der Waals surface area contributed by atoms with Crippen LogP contribution in [0, 0.1) is 0 Å².